The van der Waals surface area contributed by atoms with Crippen LogP contribution in [0.2, 0.25) is 0 Å². The monoisotopic (exact) mass is 414 g/mol. The van der Waals surface area contributed by atoms with Crippen molar-refractivity contribution in [1.29, 1.82) is 0 Å². The molecule has 31 heavy (non-hydrogen) atoms. The van der Waals surface area contributed by atoms with Crippen LogP contribution in [0.4, 0.5) is 11.5 Å². The number of aryl methyl sites for hydroxylation is 3. The molecule has 0 bridgehead atoms. The van der Waals surface area contributed by atoms with E-state index < -0.39 is 0 Å². The summed E-state index contributed by atoms with van der Waals surface area (Å²) in [6.45, 7) is 12.4. The molecule has 4 rings (SSSR count). The number of aromatic nitrogens is 2. The van der Waals surface area contributed by atoms with Crippen molar-refractivity contribution in [2.24, 2.45) is 7.05 Å². The highest BCUT2D eigenvalue weighted by Crippen LogP contribution is 2.27. The first-order valence-corrected chi connectivity index (χ1v) is 10.9. The maximum absolute atomic E-state index is 13.0. The summed E-state index contributed by atoms with van der Waals surface area (Å²) in [7, 11) is 2.06. The number of pyridine rings is 1. The summed E-state index contributed by atoms with van der Waals surface area (Å²) in [5.41, 5.74) is 7.10. The van der Waals surface area contributed by atoms with E-state index in [1.165, 1.54) is 11.3 Å². The van der Waals surface area contributed by atoms with Gasteiger partial charge < -0.3 is 14.8 Å². The van der Waals surface area contributed by atoms with Crippen molar-refractivity contribution in [3.8, 4) is 0 Å². The van der Waals surface area contributed by atoms with Crippen LogP contribution in [0.1, 0.15) is 41.0 Å². The molecule has 0 fully saturated rings. The quantitative estimate of drug-likeness (QED) is 0.452. The second-order valence-electron chi connectivity index (χ2n) is 8.16. The van der Waals surface area contributed by atoms with Gasteiger partial charge in [0, 0.05) is 53.4 Å². The van der Waals surface area contributed by atoms with Crippen LogP contribution in [-0.4, -0.2) is 28.5 Å². The van der Waals surface area contributed by atoms with E-state index in [2.05, 4.69) is 62.5 Å². The van der Waals surface area contributed by atoms with Gasteiger partial charge in [0.05, 0.1) is 5.52 Å². The van der Waals surface area contributed by atoms with E-state index in [4.69, 9.17) is 4.98 Å². The Labute approximate surface area is 183 Å². The summed E-state index contributed by atoms with van der Waals surface area (Å²) in [6, 6.07) is 13.9. The number of nitrogens with zero attached hydrogens (tertiary/aromatic N) is 3. The third-order valence-corrected chi connectivity index (χ3v) is 6.42. The van der Waals surface area contributed by atoms with Crippen LogP contribution in [0.5, 0.6) is 0 Å². The van der Waals surface area contributed by atoms with Crippen molar-refractivity contribution in [1.82, 2.24) is 9.55 Å². The first-order chi connectivity index (χ1) is 14.8. The fourth-order valence-corrected chi connectivity index (χ4v) is 4.26. The van der Waals surface area contributed by atoms with Crippen LogP contribution < -0.4 is 10.2 Å². The number of benzene rings is 2. The topological polar surface area (TPSA) is 50.2 Å². The van der Waals surface area contributed by atoms with Gasteiger partial charge in [-0.25, -0.2) is 4.98 Å². The third kappa shape index (κ3) is 3.65. The Morgan fingerprint density at radius 1 is 1.00 bits per heavy atom. The third-order valence-electron chi connectivity index (χ3n) is 6.42. The molecule has 160 valence electrons. The summed E-state index contributed by atoms with van der Waals surface area (Å²) in [6.07, 6.45) is 0. The van der Waals surface area contributed by atoms with E-state index in [9.17, 15) is 4.79 Å². The van der Waals surface area contributed by atoms with Gasteiger partial charge >= 0.3 is 0 Å². The Morgan fingerprint density at radius 2 is 1.74 bits per heavy atom. The van der Waals surface area contributed by atoms with Crippen molar-refractivity contribution in [2.75, 3.05) is 23.3 Å². The maximum Gasteiger partial charge on any atom is 0.255 e. The molecule has 2 aromatic carbocycles. The Bertz CT molecular complexity index is 1300. The molecule has 0 unspecified atom stereocenters. The first-order valence-electron chi connectivity index (χ1n) is 10.9. The fourth-order valence-electron chi connectivity index (χ4n) is 4.26. The minimum absolute atomic E-state index is 0.104. The van der Waals surface area contributed by atoms with Crippen LogP contribution in [0.15, 0.2) is 42.5 Å². The Morgan fingerprint density at radius 3 is 2.45 bits per heavy atom. The van der Waals surface area contributed by atoms with E-state index >= 15 is 0 Å². The summed E-state index contributed by atoms with van der Waals surface area (Å²) < 4.78 is 2.16. The molecule has 0 saturated carbocycles. The molecule has 2 heterocycles. The summed E-state index contributed by atoms with van der Waals surface area (Å²) in [5, 5.41) is 5.23. The molecular formula is C26H30N4O. The van der Waals surface area contributed by atoms with Gasteiger partial charge in [-0.3, -0.25) is 4.79 Å². The van der Waals surface area contributed by atoms with Gasteiger partial charge in [0.15, 0.2) is 0 Å². The maximum atomic E-state index is 13.0. The number of anilines is 2. The zero-order valence-electron chi connectivity index (χ0n) is 19.2. The second-order valence-corrected chi connectivity index (χ2v) is 8.16. The van der Waals surface area contributed by atoms with Crippen molar-refractivity contribution < 1.29 is 4.79 Å². The number of amides is 1. The molecule has 5 heteroatoms. The largest absolute Gasteiger partial charge is 0.357 e. The number of carbonyl (C=O) groups is 1. The van der Waals surface area contributed by atoms with Crippen LogP contribution in [0.25, 0.3) is 21.8 Å². The van der Waals surface area contributed by atoms with Crippen molar-refractivity contribution in [2.45, 2.75) is 34.6 Å². The number of nitrogens with one attached hydrogen (secondary N) is 1. The Hall–Kier alpha value is -3.34. The molecule has 0 aliphatic rings. The van der Waals surface area contributed by atoms with E-state index in [0.29, 0.717) is 5.56 Å². The molecule has 0 radical (unpaired) electrons. The van der Waals surface area contributed by atoms with Crippen molar-refractivity contribution in [3.05, 3.63) is 64.8 Å². The highest BCUT2D eigenvalue weighted by Gasteiger charge is 2.13. The van der Waals surface area contributed by atoms with Gasteiger partial charge in [0.2, 0.25) is 0 Å². The lowest BCUT2D eigenvalue weighted by molar-refractivity contribution is 0.102. The zero-order chi connectivity index (χ0) is 22.3. The van der Waals surface area contributed by atoms with Gasteiger partial charge in [-0.1, -0.05) is 0 Å². The minimum Gasteiger partial charge on any atom is -0.357 e. The van der Waals surface area contributed by atoms with E-state index in [1.807, 2.05) is 36.4 Å². The average Bonchev–Trinajstić information content (AvgIpc) is 2.98. The molecule has 2 aromatic heterocycles. The van der Waals surface area contributed by atoms with Crippen molar-refractivity contribution in [3.63, 3.8) is 0 Å². The lowest BCUT2D eigenvalue weighted by Gasteiger charge is -2.21. The summed E-state index contributed by atoms with van der Waals surface area (Å²) in [4.78, 5) is 20.0. The van der Waals surface area contributed by atoms with Gasteiger partial charge in [-0.2, -0.15) is 0 Å². The SMILES string of the molecule is CCN(CC)c1cc(C)c2cc(NC(=O)c3ccc4c(c3)c(C)c(C)n4C)ccc2n1. The Balaban J connectivity index is 1.64. The number of hydrogen-bond acceptors (Lipinski definition) is 3. The second kappa shape index (κ2) is 8.06. The normalized spacial score (nSPS) is 11.3. The predicted octanol–water partition coefficient (Wildman–Crippen LogP) is 5.75. The molecule has 0 saturated heterocycles. The number of fused-ring (bicyclic) bond motifs is 2. The van der Waals surface area contributed by atoms with Gasteiger partial charge in [-0.15, -0.1) is 0 Å². The number of hydrogen-bond donors (Lipinski definition) is 1. The number of carbonyl (C=O) groups excluding carboxylic acids is 1. The smallest absolute Gasteiger partial charge is 0.255 e. The molecule has 0 spiro atoms. The highest BCUT2D eigenvalue weighted by atomic mass is 16.1. The molecule has 0 aliphatic heterocycles. The standard InChI is InChI=1S/C26H30N4O/c1-7-30(8-2)25-13-16(3)21-15-20(10-11-23(21)28-25)27-26(31)19-9-12-24-22(14-19)17(4)18(5)29(24)6/h9-15H,7-8H2,1-6H3,(H,27,31). The van der Waals surface area contributed by atoms with Crippen molar-refractivity contribution >= 4 is 39.2 Å². The molecule has 4 aromatic rings. The van der Waals surface area contributed by atoms with Crippen LogP contribution in [0, 0.1) is 20.8 Å². The molecule has 1 amide bonds. The van der Waals surface area contributed by atoms with Gasteiger partial charge in [-0.05, 0) is 88.2 Å². The van der Waals surface area contributed by atoms with Crippen LogP contribution in [0.3, 0.4) is 0 Å². The van der Waals surface area contributed by atoms with E-state index in [0.717, 1.165) is 52.0 Å². The van der Waals surface area contributed by atoms with Gasteiger partial charge in [0.1, 0.15) is 5.82 Å². The number of rotatable bonds is 5. The minimum atomic E-state index is -0.104. The molecule has 1 N–H and O–H groups in total. The lowest BCUT2D eigenvalue weighted by Crippen LogP contribution is -2.23. The van der Waals surface area contributed by atoms with E-state index in [1.54, 1.807) is 0 Å². The summed E-state index contributed by atoms with van der Waals surface area (Å²) in [5.74, 6) is 0.890. The molecule has 5 nitrogen and oxygen atoms in total. The first kappa shape index (κ1) is 20.9. The summed E-state index contributed by atoms with van der Waals surface area (Å²) >= 11 is 0. The average molecular weight is 415 g/mol. The van der Waals surface area contributed by atoms with Crippen LogP contribution in [-0.2, 0) is 7.05 Å². The van der Waals surface area contributed by atoms with Crippen LogP contribution >= 0.6 is 0 Å². The molecular weight excluding hydrogens is 384 g/mol. The zero-order valence-corrected chi connectivity index (χ0v) is 19.2. The van der Waals surface area contributed by atoms with Gasteiger partial charge in [0.25, 0.3) is 5.91 Å². The molecule has 0 atom stereocenters. The van der Waals surface area contributed by atoms with E-state index in [-0.39, 0.29) is 5.91 Å². The lowest BCUT2D eigenvalue weighted by atomic mass is 10.1. The molecule has 0 aliphatic carbocycles. The predicted molar refractivity (Wildman–Crippen MR) is 130 cm³/mol. The fraction of sp³-hybridized carbons (Fsp3) is 0.308. The Kier molecular flexibility index (Phi) is 5.44. The highest BCUT2D eigenvalue weighted by molar-refractivity contribution is 6.07.